The van der Waals surface area contributed by atoms with Crippen LogP contribution in [0.3, 0.4) is 0 Å². The zero-order valence-electron chi connectivity index (χ0n) is 21.3. The predicted molar refractivity (Wildman–Crippen MR) is 145 cm³/mol. The van der Waals surface area contributed by atoms with Gasteiger partial charge in [0.05, 0.1) is 28.9 Å². The first kappa shape index (κ1) is 26.1. The molecule has 8 nitrogen and oxygen atoms in total. The largest absolute Gasteiger partial charge is 0.492 e. The van der Waals surface area contributed by atoms with Crippen LogP contribution in [0.15, 0.2) is 47.4 Å². The van der Waals surface area contributed by atoms with Crippen molar-refractivity contribution in [1.82, 2.24) is 9.29 Å². The molecule has 1 amide bonds. The van der Waals surface area contributed by atoms with E-state index < -0.39 is 10.0 Å². The van der Waals surface area contributed by atoms with Gasteiger partial charge in [0.1, 0.15) is 11.3 Å². The number of anilines is 1. The minimum absolute atomic E-state index is 0.0254. The number of nitrogens with zero attached hydrogens (tertiary/aromatic N) is 3. The second-order valence-electron chi connectivity index (χ2n) is 9.57. The first-order valence-corrected chi connectivity index (χ1v) is 15.2. The normalized spacial score (nSPS) is 20.8. The molecule has 1 aromatic heterocycles. The van der Waals surface area contributed by atoms with Crippen LogP contribution < -0.4 is 9.64 Å². The van der Waals surface area contributed by atoms with E-state index in [1.807, 2.05) is 32.0 Å². The lowest BCUT2D eigenvalue weighted by molar-refractivity contribution is 0.0917. The average molecular weight is 544 g/mol. The summed E-state index contributed by atoms with van der Waals surface area (Å²) in [6.45, 7) is 5.99. The van der Waals surface area contributed by atoms with E-state index in [0.29, 0.717) is 42.7 Å². The van der Waals surface area contributed by atoms with Crippen LogP contribution in [0.5, 0.6) is 5.75 Å². The minimum atomic E-state index is -3.61. The Morgan fingerprint density at radius 2 is 1.97 bits per heavy atom. The molecule has 2 aliphatic heterocycles. The molecule has 2 unspecified atom stereocenters. The summed E-state index contributed by atoms with van der Waals surface area (Å²) in [5, 5.41) is 0.571. The van der Waals surface area contributed by atoms with Crippen LogP contribution in [0.1, 0.15) is 56.3 Å². The SMILES string of the molecule is CCOc1cccc2sc(N(CC3CCCO3)C(=O)c3ccc(S(=O)(=O)N4CCCCC4C)cc3)nc12. The molecule has 0 spiro atoms. The fraction of sp³-hybridized carbons (Fsp3) is 0.481. The highest BCUT2D eigenvalue weighted by Gasteiger charge is 2.32. The number of carbonyl (C=O) groups excluding carboxylic acids is 1. The quantitative estimate of drug-likeness (QED) is 0.394. The van der Waals surface area contributed by atoms with Crippen molar-refractivity contribution in [2.75, 3.05) is 31.2 Å². The topological polar surface area (TPSA) is 89.0 Å². The molecule has 0 aliphatic carbocycles. The number of rotatable bonds is 8. The maximum atomic E-state index is 13.8. The molecule has 2 aromatic carbocycles. The van der Waals surface area contributed by atoms with Gasteiger partial charge >= 0.3 is 0 Å². The van der Waals surface area contributed by atoms with E-state index in [1.165, 1.54) is 11.3 Å². The summed E-state index contributed by atoms with van der Waals surface area (Å²) in [7, 11) is -3.61. The molecular weight excluding hydrogens is 510 g/mol. The summed E-state index contributed by atoms with van der Waals surface area (Å²) in [5.41, 5.74) is 1.14. The van der Waals surface area contributed by atoms with E-state index in [-0.39, 0.29) is 22.9 Å². The Morgan fingerprint density at radius 1 is 1.16 bits per heavy atom. The average Bonchev–Trinajstić information content (AvgIpc) is 3.58. The number of fused-ring (bicyclic) bond motifs is 1. The highest BCUT2D eigenvalue weighted by atomic mass is 32.2. The Labute approximate surface area is 222 Å². The monoisotopic (exact) mass is 543 g/mol. The Kier molecular flexibility index (Phi) is 7.80. The maximum absolute atomic E-state index is 13.8. The number of aromatic nitrogens is 1. The maximum Gasteiger partial charge on any atom is 0.260 e. The number of benzene rings is 2. The van der Waals surface area contributed by atoms with Crippen molar-refractivity contribution < 1.29 is 22.7 Å². The summed E-state index contributed by atoms with van der Waals surface area (Å²) in [4.78, 5) is 20.4. The minimum Gasteiger partial charge on any atom is -0.492 e. The van der Waals surface area contributed by atoms with Gasteiger partial charge in [0.15, 0.2) is 5.13 Å². The number of amides is 1. The molecule has 3 aromatic rings. The van der Waals surface area contributed by atoms with Gasteiger partial charge in [0, 0.05) is 24.8 Å². The van der Waals surface area contributed by atoms with Gasteiger partial charge in [-0.05, 0) is 75.9 Å². The van der Waals surface area contributed by atoms with Gasteiger partial charge in [-0.15, -0.1) is 0 Å². The van der Waals surface area contributed by atoms with Gasteiger partial charge in [0.25, 0.3) is 5.91 Å². The third-order valence-corrected chi connectivity index (χ3v) is 10.1. The zero-order valence-corrected chi connectivity index (χ0v) is 22.9. The molecule has 0 radical (unpaired) electrons. The van der Waals surface area contributed by atoms with Crippen LogP contribution in [0.2, 0.25) is 0 Å². The van der Waals surface area contributed by atoms with Gasteiger partial charge in [-0.1, -0.05) is 23.8 Å². The Morgan fingerprint density at radius 3 is 2.68 bits per heavy atom. The molecule has 198 valence electrons. The summed E-state index contributed by atoms with van der Waals surface area (Å²) < 4.78 is 40.6. The highest BCUT2D eigenvalue weighted by molar-refractivity contribution is 7.89. The van der Waals surface area contributed by atoms with Crippen molar-refractivity contribution in [2.24, 2.45) is 0 Å². The molecule has 2 saturated heterocycles. The van der Waals surface area contributed by atoms with Gasteiger partial charge in [-0.25, -0.2) is 13.4 Å². The summed E-state index contributed by atoms with van der Waals surface area (Å²) >= 11 is 1.43. The molecule has 37 heavy (non-hydrogen) atoms. The number of hydrogen-bond acceptors (Lipinski definition) is 7. The van der Waals surface area contributed by atoms with E-state index >= 15 is 0 Å². The molecule has 2 aliphatic rings. The number of sulfonamides is 1. The van der Waals surface area contributed by atoms with Crippen molar-refractivity contribution in [3.05, 3.63) is 48.0 Å². The van der Waals surface area contributed by atoms with Gasteiger partial charge < -0.3 is 9.47 Å². The fourth-order valence-electron chi connectivity index (χ4n) is 5.03. The van der Waals surface area contributed by atoms with Gasteiger partial charge in [-0.2, -0.15) is 4.31 Å². The van der Waals surface area contributed by atoms with Crippen LogP contribution in [0.4, 0.5) is 5.13 Å². The van der Waals surface area contributed by atoms with Crippen LogP contribution in [-0.2, 0) is 14.8 Å². The predicted octanol–water partition coefficient (Wildman–Crippen LogP) is 5.08. The smallest absolute Gasteiger partial charge is 0.260 e. The third kappa shape index (κ3) is 5.38. The molecular formula is C27H33N3O5S2. The first-order valence-electron chi connectivity index (χ1n) is 13.0. The van der Waals surface area contributed by atoms with Crippen molar-refractivity contribution in [3.63, 3.8) is 0 Å². The van der Waals surface area contributed by atoms with Crippen LogP contribution in [0, 0.1) is 0 Å². The summed E-state index contributed by atoms with van der Waals surface area (Å²) in [6, 6.07) is 12.0. The molecule has 2 atom stereocenters. The molecule has 2 fully saturated rings. The molecule has 3 heterocycles. The van der Waals surface area contributed by atoms with E-state index in [2.05, 4.69) is 0 Å². The lowest BCUT2D eigenvalue weighted by Gasteiger charge is -2.32. The van der Waals surface area contributed by atoms with E-state index in [1.54, 1.807) is 33.5 Å². The van der Waals surface area contributed by atoms with Crippen LogP contribution in [-0.4, -0.2) is 62.1 Å². The Hall–Kier alpha value is -2.53. The van der Waals surface area contributed by atoms with Crippen LogP contribution in [0.25, 0.3) is 10.2 Å². The number of piperidine rings is 1. The van der Waals surface area contributed by atoms with Crippen molar-refractivity contribution in [1.29, 1.82) is 0 Å². The second kappa shape index (κ2) is 11.1. The number of ether oxygens (including phenoxy) is 2. The zero-order chi connectivity index (χ0) is 26.0. The van der Waals surface area contributed by atoms with Gasteiger partial charge in [0.2, 0.25) is 10.0 Å². The molecule has 10 heteroatoms. The van der Waals surface area contributed by atoms with E-state index in [0.717, 1.165) is 42.3 Å². The van der Waals surface area contributed by atoms with Crippen molar-refractivity contribution >= 4 is 42.6 Å². The molecule has 0 N–H and O–H groups in total. The third-order valence-electron chi connectivity index (χ3n) is 7.01. The van der Waals surface area contributed by atoms with Gasteiger partial charge in [-0.3, -0.25) is 9.69 Å². The molecule has 0 bridgehead atoms. The molecule has 5 rings (SSSR count). The second-order valence-corrected chi connectivity index (χ2v) is 12.5. The summed E-state index contributed by atoms with van der Waals surface area (Å²) in [6.07, 6.45) is 4.54. The molecule has 0 saturated carbocycles. The lowest BCUT2D eigenvalue weighted by atomic mass is 10.1. The van der Waals surface area contributed by atoms with E-state index in [9.17, 15) is 13.2 Å². The number of para-hydroxylation sites is 1. The van der Waals surface area contributed by atoms with Crippen molar-refractivity contribution in [2.45, 2.75) is 63.0 Å². The Bertz CT molecular complexity index is 1350. The number of carbonyl (C=O) groups is 1. The first-order chi connectivity index (χ1) is 17.9. The summed E-state index contributed by atoms with van der Waals surface area (Å²) in [5.74, 6) is 0.455. The van der Waals surface area contributed by atoms with Crippen molar-refractivity contribution in [3.8, 4) is 5.75 Å². The number of hydrogen-bond donors (Lipinski definition) is 0. The highest BCUT2D eigenvalue weighted by Crippen LogP contribution is 2.35. The fourth-order valence-corrected chi connectivity index (χ4v) is 7.72. The van der Waals surface area contributed by atoms with Crippen LogP contribution >= 0.6 is 11.3 Å². The standard InChI is InChI=1S/C27H33N3O5S2/c1-3-34-23-10-6-11-24-25(23)28-27(36-24)29(18-21-9-7-17-35-21)26(31)20-12-14-22(15-13-20)37(32,33)30-16-5-4-8-19(30)2/h6,10-15,19,21H,3-5,7-9,16-18H2,1-2H3. The Balaban J connectivity index is 1.45. The van der Waals surface area contributed by atoms with E-state index in [4.69, 9.17) is 14.5 Å². The number of thiazole rings is 1. The lowest BCUT2D eigenvalue weighted by Crippen LogP contribution is -2.42.